The number of hydrogen-bond donors (Lipinski definition) is 2. The summed E-state index contributed by atoms with van der Waals surface area (Å²) in [5.41, 5.74) is 0.606. The van der Waals surface area contributed by atoms with Crippen molar-refractivity contribution >= 4 is 23.4 Å². The highest BCUT2D eigenvalue weighted by atomic mass is 19.1. The van der Waals surface area contributed by atoms with Gasteiger partial charge in [-0.05, 0) is 30.1 Å². The number of fused-ring (bicyclic) bond motifs is 1. The van der Waals surface area contributed by atoms with E-state index in [1.807, 2.05) is 0 Å². The fraction of sp³-hybridized carbons (Fsp3) is 0.400. The lowest BCUT2D eigenvalue weighted by Crippen LogP contribution is -2.52. The van der Waals surface area contributed by atoms with E-state index in [0.717, 1.165) is 18.7 Å². The van der Waals surface area contributed by atoms with Crippen molar-refractivity contribution < 1.29 is 33.1 Å². The Morgan fingerprint density at radius 1 is 1.24 bits per heavy atom. The Morgan fingerprint density at radius 2 is 2.06 bits per heavy atom. The number of nitrogens with one attached hydrogen (secondary N) is 2. The zero-order valence-corrected chi connectivity index (χ0v) is 18.2. The number of ether oxygens (including phenoxy) is 1. The highest BCUT2D eigenvalue weighted by Gasteiger charge is 2.39. The number of morpholine rings is 1. The van der Waals surface area contributed by atoms with Gasteiger partial charge in [0.25, 0.3) is 5.91 Å². The number of halogens is 1. The van der Waals surface area contributed by atoms with Gasteiger partial charge in [0, 0.05) is 67.0 Å². The number of amides is 3. The van der Waals surface area contributed by atoms with Crippen LogP contribution >= 0.6 is 0 Å². The van der Waals surface area contributed by atoms with Crippen molar-refractivity contribution in [1.29, 1.82) is 0 Å². The number of imide groups is 1. The molecule has 2 saturated heterocycles. The molecule has 0 saturated carbocycles. The molecule has 178 valence electrons. The van der Waals surface area contributed by atoms with Crippen molar-refractivity contribution in [2.75, 3.05) is 31.6 Å². The molecule has 0 aliphatic carbocycles. The monoisotopic (exact) mass is 473 g/mol. The fourth-order valence-electron chi connectivity index (χ4n) is 4.18. The average molecular weight is 474 g/mol. The molecule has 9 heteroatoms. The van der Waals surface area contributed by atoms with Gasteiger partial charge in [0.05, 0.1) is 17.3 Å². The summed E-state index contributed by atoms with van der Waals surface area (Å²) >= 11 is 0. The lowest BCUT2D eigenvalue weighted by Gasteiger charge is -2.29. The molecule has 0 spiro atoms. The van der Waals surface area contributed by atoms with Crippen molar-refractivity contribution in [3.63, 3.8) is 0 Å². The van der Waals surface area contributed by atoms with Crippen LogP contribution in [-0.4, -0.2) is 59.9 Å². The Balaban J connectivity index is 1.42. The molecule has 3 heterocycles. The third-order valence-corrected chi connectivity index (χ3v) is 5.98. The zero-order chi connectivity index (χ0) is 29.9. The summed E-state index contributed by atoms with van der Waals surface area (Å²) in [6, 6.07) is 1.03. The van der Waals surface area contributed by atoms with E-state index in [-0.39, 0.29) is 28.9 Å². The van der Waals surface area contributed by atoms with Gasteiger partial charge in [0.1, 0.15) is 11.9 Å². The first-order valence-corrected chi connectivity index (χ1v) is 10.9. The van der Waals surface area contributed by atoms with E-state index in [2.05, 4.69) is 10.2 Å². The number of rotatable bonds is 6. The first-order chi connectivity index (χ1) is 19.3. The van der Waals surface area contributed by atoms with E-state index in [0.29, 0.717) is 24.7 Å². The van der Waals surface area contributed by atoms with E-state index in [9.17, 15) is 14.4 Å². The Labute approximate surface area is 206 Å². The summed E-state index contributed by atoms with van der Waals surface area (Å²) in [7, 11) is 0. The molecule has 3 aliphatic rings. The molecule has 8 nitrogen and oxygen atoms in total. The predicted molar refractivity (Wildman–Crippen MR) is 122 cm³/mol. The Hall–Kier alpha value is -3.30. The summed E-state index contributed by atoms with van der Waals surface area (Å²) < 4.78 is 77.6. The molecule has 0 aromatic heterocycles. The molecule has 3 aliphatic heterocycles. The van der Waals surface area contributed by atoms with Gasteiger partial charge in [0.15, 0.2) is 0 Å². The molecule has 1 atom stereocenters. The van der Waals surface area contributed by atoms with Gasteiger partial charge in [-0.1, -0.05) is 18.2 Å². The van der Waals surface area contributed by atoms with Crippen LogP contribution in [0.2, 0.25) is 0 Å². The number of nitrogens with zero attached hydrogens (tertiary/aromatic N) is 2. The van der Waals surface area contributed by atoms with E-state index in [1.54, 1.807) is 17.4 Å². The fourth-order valence-corrected chi connectivity index (χ4v) is 4.18. The second-order valence-corrected chi connectivity index (χ2v) is 8.19. The van der Waals surface area contributed by atoms with Crippen LogP contribution in [0.3, 0.4) is 0 Å². The van der Waals surface area contributed by atoms with Crippen LogP contribution in [0.25, 0.3) is 0 Å². The molecule has 0 unspecified atom stereocenters. The molecule has 0 radical (unpaired) electrons. The highest BCUT2D eigenvalue weighted by Crippen LogP contribution is 2.32. The zero-order valence-electron chi connectivity index (χ0n) is 25.2. The van der Waals surface area contributed by atoms with Gasteiger partial charge in [0.2, 0.25) is 11.8 Å². The molecular formula is C25H27FN4O4. The van der Waals surface area contributed by atoms with Gasteiger partial charge in [-0.2, -0.15) is 0 Å². The number of benzene rings is 2. The smallest absolute Gasteiger partial charge is 0.255 e. The summed E-state index contributed by atoms with van der Waals surface area (Å²) in [5.74, 6) is -4.23. The van der Waals surface area contributed by atoms with Crippen LogP contribution in [-0.2, 0) is 34.0 Å². The number of carbonyl (C=O) groups excluding carboxylic acids is 3. The van der Waals surface area contributed by atoms with Crippen LogP contribution in [0.15, 0.2) is 36.3 Å². The van der Waals surface area contributed by atoms with Crippen molar-refractivity contribution in [3.05, 3.63) is 64.4 Å². The number of piperidine rings is 1. The Bertz CT molecular complexity index is 1450. The van der Waals surface area contributed by atoms with E-state index >= 15 is 4.39 Å². The average Bonchev–Trinajstić information content (AvgIpc) is 3.24. The Morgan fingerprint density at radius 3 is 2.85 bits per heavy atom. The third-order valence-electron chi connectivity index (χ3n) is 5.98. The van der Waals surface area contributed by atoms with Gasteiger partial charge in [-0.3, -0.25) is 24.6 Å². The van der Waals surface area contributed by atoms with Gasteiger partial charge in [-0.15, -0.1) is 0 Å². The summed E-state index contributed by atoms with van der Waals surface area (Å²) in [5, 5.41) is 4.64. The van der Waals surface area contributed by atoms with E-state index in [1.165, 1.54) is 6.07 Å². The predicted octanol–water partition coefficient (Wildman–Crippen LogP) is 2.03. The molecule has 34 heavy (non-hydrogen) atoms. The van der Waals surface area contributed by atoms with Gasteiger partial charge >= 0.3 is 0 Å². The topological polar surface area (TPSA) is 91.0 Å². The molecule has 2 fully saturated rings. The summed E-state index contributed by atoms with van der Waals surface area (Å²) in [6.07, 6.45) is -6.28. The first kappa shape index (κ1) is 15.6. The van der Waals surface area contributed by atoms with Crippen LogP contribution in [0.4, 0.5) is 10.1 Å². The van der Waals surface area contributed by atoms with Crippen molar-refractivity contribution in [2.24, 2.45) is 0 Å². The minimum atomic E-state index is -3.15. The summed E-state index contributed by atoms with van der Waals surface area (Å²) in [6.45, 7) is 2.61. The third kappa shape index (κ3) is 4.53. The Kier molecular flexibility index (Phi) is 4.36. The van der Waals surface area contributed by atoms with Crippen molar-refractivity contribution in [2.45, 2.75) is 38.4 Å². The molecular weight excluding hydrogens is 439 g/mol. The molecule has 0 bridgehead atoms. The van der Waals surface area contributed by atoms with E-state index < -0.39 is 67.0 Å². The quantitative estimate of drug-likeness (QED) is 0.624. The normalized spacial score (nSPS) is 26.9. The molecule has 5 rings (SSSR count). The minimum Gasteiger partial charge on any atom is -0.381 e. The van der Waals surface area contributed by atoms with Crippen LogP contribution in [0, 0.1) is 5.82 Å². The standard InChI is InChI=1S/C25H27FN4O4/c26-20-12-16(14-29-8-10-34-11-9-29)4-5-17(20)13-27-21-3-1-2-18-19(21)15-30(25(18)33)22-6-7-23(31)28-24(22)32/h1-5,12,22,27H,6-11,13-15H2,(H,28,31,32)/t22-/m0/s1/i1D,2D,3D,6D2,7D2. The lowest BCUT2D eigenvalue weighted by molar-refractivity contribution is -0.136. The minimum absolute atomic E-state index is 0.0198. The van der Waals surface area contributed by atoms with Crippen LogP contribution < -0.4 is 10.6 Å². The largest absolute Gasteiger partial charge is 0.381 e. The van der Waals surface area contributed by atoms with Crippen LogP contribution in [0.5, 0.6) is 0 Å². The molecule has 2 N–H and O–H groups in total. The SMILES string of the molecule is [2H]c1c([2H])c(NCc2ccc(CN3CCOCC3)cc2F)c2c(c1[2H])C(=O)N([C@@H]1C(=O)NC(=O)C([2H])([2H])C1([2H])[2H])C2. The number of anilines is 1. The maximum atomic E-state index is 15.0. The number of carbonyl (C=O) groups is 3. The second kappa shape index (κ2) is 9.52. The second-order valence-electron chi connectivity index (χ2n) is 8.19. The molecule has 3 amide bonds. The van der Waals surface area contributed by atoms with Gasteiger partial charge in [-0.25, -0.2) is 4.39 Å². The van der Waals surface area contributed by atoms with Gasteiger partial charge < -0.3 is 15.0 Å². The highest BCUT2D eigenvalue weighted by molar-refractivity contribution is 6.06. The van der Waals surface area contributed by atoms with Crippen LogP contribution in [0.1, 0.15) is 49.4 Å². The first-order valence-electron chi connectivity index (χ1n) is 14.4. The molecule has 2 aromatic carbocycles. The lowest BCUT2D eigenvalue weighted by atomic mass is 10.0. The van der Waals surface area contributed by atoms with Crippen molar-refractivity contribution in [1.82, 2.24) is 15.1 Å². The number of hydrogen-bond acceptors (Lipinski definition) is 6. The van der Waals surface area contributed by atoms with Crippen molar-refractivity contribution in [3.8, 4) is 0 Å². The maximum Gasteiger partial charge on any atom is 0.255 e. The maximum absolute atomic E-state index is 15.0. The summed E-state index contributed by atoms with van der Waals surface area (Å²) in [4.78, 5) is 40.9. The van der Waals surface area contributed by atoms with E-state index in [4.69, 9.17) is 14.3 Å². The molecule has 2 aromatic rings.